The van der Waals surface area contributed by atoms with Gasteiger partial charge in [0.05, 0.1) is 14.2 Å². The van der Waals surface area contributed by atoms with E-state index in [0.29, 0.717) is 11.7 Å². The predicted molar refractivity (Wildman–Crippen MR) is 115 cm³/mol. The van der Waals surface area contributed by atoms with Gasteiger partial charge in [0.15, 0.2) is 17.2 Å². The molecule has 1 saturated heterocycles. The molecule has 1 amide bonds. The molecular formula is C23H32N4O3. The zero-order valence-electron chi connectivity index (χ0n) is 18.5. The second-order valence-corrected chi connectivity index (χ2v) is 8.40. The van der Waals surface area contributed by atoms with Crippen molar-refractivity contribution in [3.63, 3.8) is 0 Å². The second kappa shape index (κ2) is 8.68. The summed E-state index contributed by atoms with van der Waals surface area (Å²) in [6.07, 6.45) is 5.07. The van der Waals surface area contributed by atoms with Crippen molar-refractivity contribution in [2.24, 2.45) is 7.05 Å². The number of carbonyl (C=O) groups excluding carboxylic acids is 1. The number of carbonyl (C=O) groups is 1. The number of aryl methyl sites for hydroxylation is 1. The van der Waals surface area contributed by atoms with Crippen molar-refractivity contribution in [3.8, 4) is 11.5 Å². The molecule has 7 heteroatoms. The molecule has 4 rings (SSSR count). The van der Waals surface area contributed by atoms with Gasteiger partial charge in [-0.05, 0) is 56.8 Å². The fourth-order valence-corrected chi connectivity index (χ4v) is 4.79. The third-order valence-electron chi connectivity index (χ3n) is 6.53. The number of likely N-dealkylation sites (N-methyl/N-ethyl adjacent to an activating group) is 1. The second-order valence-electron chi connectivity index (χ2n) is 8.40. The Balaban J connectivity index is 1.50. The molecule has 0 radical (unpaired) electrons. The summed E-state index contributed by atoms with van der Waals surface area (Å²) in [6, 6.07) is 6.45. The lowest BCUT2D eigenvalue weighted by Crippen LogP contribution is -2.37. The average Bonchev–Trinajstić information content (AvgIpc) is 3.41. The minimum Gasteiger partial charge on any atom is -0.493 e. The van der Waals surface area contributed by atoms with Crippen LogP contribution in [0.15, 0.2) is 18.2 Å². The van der Waals surface area contributed by atoms with E-state index in [9.17, 15) is 4.79 Å². The van der Waals surface area contributed by atoms with Gasteiger partial charge >= 0.3 is 0 Å². The maximum absolute atomic E-state index is 13.0. The molecule has 1 unspecified atom stereocenters. The van der Waals surface area contributed by atoms with Crippen LogP contribution in [0, 0.1) is 0 Å². The Morgan fingerprint density at radius 3 is 2.63 bits per heavy atom. The molecule has 0 N–H and O–H groups in total. The standard InChI is InChI=1S/C23H32N4O3/c1-25(15-16-7-10-20(29-3)21(13-16)30-4)17-8-9-19-18(14-17)22(24-26(19)2)23(28)27-11-5-6-12-27/h7,10,13,17H,5-6,8-9,11-12,14-15H2,1-4H3. The van der Waals surface area contributed by atoms with Gasteiger partial charge in [0.2, 0.25) is 0 Å². The lowest BCUT2D eigenvalue weighted by Gasteiger charge is -2.32. The Kier molecular flexibility index (Phi) is 5.99. The molecule has 7 nitrogen and oxygen atoms in total. The van der Waals surface area contributed by atoms with E-state index in [0.717, 1.165) is 68.8 Å². The lowest BCUT2D eigenvalue weighted by molar-refractivity contribution is 0.0784. The molecular weight excluding hydrogens is 380 g/mol. The van der Waals surface area contributed by atoms with Gasteiger partial charge in [0.1, 0.15) is 0 Å². The number of likely N-dealkylation sites (tertiary alicyclic amines) is 1. The predicted octanol–water partition coefficient (Wildman–Crippen LogP) is 2.66. The fraction of sp³-hybridized carbons (Fsp3) is 0.565. The van der Waals surface area contributed by atoms with Crippen molar-refractivity contribution in [2.75, 3.05) is 34.4 Å². The third-order valence-corrected chi connectivity index (χ3v) is 6.53. The minimum atomic E-state index is 0.104. The van der Waals surface area contributed by atoms with E-state index in [1.165, 1.54) is 11.3 Å². The number of nitrogens with zero attached hydrogens (tertiary/aromatic N) is 4. The van der Waals surface area contributed by atoms with Crippen LogP contribution in [-0.2, 0) is 26.4 Å². The Hall–Kier alpha value is -2.54. The zero-order chi connectivity index (χ0) is 21.3. The molecule has 0 bridgehead atoms. The molecule has 2 aliphatic rings. The smallest absolute Gasteiger partial charge is 0.274 e. The van der Waals surface area contributed by atoms with Crippen LogP contribution in [0.4, 0.5) is 0 Å². The van der Waals surface area contributed by atoms with Crippen LogP contribution in [-0.4, -0.2) is 65.9 Å². The molecule has 1 aliphatic heterocycles. The maximum Gasteiger partial charge on any atom is 0.274 e. The van der Waals surface area contributed by atoms with Crippen LogP contribution in [0.25, 0.3) is 0 Å². The van der Waals surface area contributed by atoms with E-state index in [4.69, 9.17) is 9.47 Å². The first kappa shape index (κ1) is 20.7. The first-order valence-corrected chi connectivity index (χ1v) is 10.8. The Morgan fingerprint density at radius 1 is 1.20 bits per heavy atom. The van der Waals surface area contributed by atoms with Gasteiger partial charge in [-0.25, -0.2) is 0 Å². The molecule has 1 aromatic heterocycles. The Bertz CT molecular complexity index is 917. The zero-order valence-corrected chi connectivity index (χ0v) is 18.5. The number of aromatic nitrogens is 2. The summed E-state index contributed by atoms with van der Waals surface area (Å²) in [7, 11) is 7.44. The molecule has 2 heterocycles. The van der Waals surface area contributed by atoms with Gasteiger partial charge < -0.3 is 14.4 Å². The van der Waals surface area contributed by atoms with E-state index in [1.807, 2.05) is 28.8 Å². The quantitative estimate of drug-likeness (QED) is 0.730. The summed E-state index contributed by atoms with van der Waals surface area (Å²) in [5.41, 5.74) is 4.21. The summed E-state index contributed by atoms with van der Waals surface area (Å²) in [5, 5.41) is 4.63. The highest BCUT2D eigenvalue weighted by Crippen LogP contribution is 2.31. The summed E-state index contributed by atoms with van der Waals surface area (Å²) in [5.74, 6) is 1.60. The summed E-state index contributed by atoms with van der Waals surface area (Å²) < 4.78 is 12.7. The number of hydrogen-bond acceptors (Lipinski definition) is 5. The van der Waals surface area contributed by atoms with Crippen LogP contribution in [0.2, 0.25) is 0 Å². The van der Waals surface area contributed by atoms with Crippen LogP contribution < -0.4 is 9.47 Å². The average molecular weight is 413 g/mol. The Labute approximate surface area is 178 Å². The molecule has 0 saturated carbocycles. The topological polar surface area (TPSA) is 59.8 Å². The number of ether oxygens (including phenoxy) is 2. The maximum atomic E-state index is 13.0. The molecule has 162 valence electrons. The number of hydrogen-bond donors (Lipinski definition) is 0. The highest BCUT2D eigenvalue weighted by molar-refractivity contribution is 5.94. The summed E-state index contributed by atoms with van der Waals surface area (Å²) in [4.78, 5) is 17.4. The normalized spacial score (nSPS) is 18.6. The van der Waals surface area contributed by atoms with Crippen molar-refractivity contribution >= 4 is 5.91 Å². The first-order chi connectivity index (χ1) is 14.5. The minimum absolute atomic E-state index is 0.104. The van der Waals surface area contributed by atoms with Crippen molar-refractivity contribution in [1.82, 2.24) is 19.6 Å². The molecule has 1 atom stereocenters. The van der Waals surface area contributed by atoms with Crippen molar-refractivity contribution in [1.29, 1.82) is 0 Å². The van der Waals surface area contributed by atoms with Gasteiger partial charge in [0, 0.05) is 44.0 Å². The summed E-state index contributed by atoms with van der Waals surface area (Å²) in [6.45, 7) is 2.52. The number of rotatable bonds is 6. The Morgan fingerprint density at radius 2 is 1.93 bits per heavy atom. The van der Waals surface area contributed by atoms with E-state index in [-0.39, 0.29) is 5.91 Å². The molecule has 30 heavy (non-hydrogen) atoms. The highest BCUT2D eigenvalue weighted by Gasteiger charge is 2.32. The lowest BCUT2D eigenvalue weighted by atomic mass is 9.90. The largest absolute Gasteiger partial charge is 0.493 e. The van der Waals surface area contributed by atoms with Gasteiger partial charge in [0.25, 0.3) is 5.91 Å². The molecule has 2 aromatic rings. The van der Waals surface area contributed by atoms with Crippen LogP contribution in [0.3, 0.4) is 0 Å². The number of methoxy groups -OCH3 is 2. The molecule has 1 fully saturated rings. The highest BCUT2D eigenvalue weighted by atomic mass is 16.5. The van der Waals surface area contributed by atoms with E-state index >= 15 is 0 Å². The van der Waals surface area contributed by atoms with Crippen molar-refractivity contribution < 1.29 is 14.3 Å². The van der Waals surface area contributed by atoms with Crippen LogP contribution in [0.5, 0.6) is 11.5 Å². The number of amides is 1. The van der Waals surface area contributed by atoms with Gasteiger partial charge in [-0.3, -0.25) is 14.4 Å². The molecule has 0 spiro atoms. The van der Waals surface area contributed by atoms with Gasteiger partial charge in [-0.2, -0.15) is 5.10 Å². The third kappa shape index (κ3) is 3.90. The van der Waals surface area contributed by atoms with Crippen molar-refractivity contribution in [3.05, 3.63) is 40.7 Å². The van der Waals surface area contributed by atoms with E-state index in [2.05, 4.69) is 23.1 Å². The molecule has 1 aliphatic carbocycles. The number of benzene rings is 1. The fourth-order valence-electron chi connectivity index (χ4n) is 4.79. The molecule has 1 aromatic carbocycles. The van der Waals surface area contributed by atoms with Crippen molar-refractivity contribution in [2.45, 2.75) is 44.7 Å². The first-order valence-electron chi connectivity index (χ1n) is 10.8. The van der Waals surface area contributed by atoms with E-state index in [1.54, 1.807) is 14.2 Å². The van der Waals surface area contributed by atoms with Gasteiger partial charge in [-0.15, -0.1) is 0 Å². The SMILES string of the molecule is COc1ccc(CN(C)C2CCc3c(c(C(=O)N4CCCC4)nn3C)C2)cc1OC. The van der Waals surface area contributed by atoms with Gasteiger partial charge in [-0.1, -0.05) is 6.07 Å². The monoisotopic (exact) mass is 412 g/mol. The van der Waals surface area contributed by atoms with E-state index < -0.39 is 0 Å². The van der Waals surface area contributed by atoms with Crippen LogP contribution in [0.1, 0.15) is 46.6 Å². The van der Waals surface area contributed by atoms with Crippen LogP contribution >= 0.6 is 0 Å². The number of fused-ring (bicyclic) bond motifs is 1. The summed E-state index contributed by atoms with van der Waals surface area (Å²) >= 11 is 0.